The summed E-state index contributed by atoms with van der Waals surface area (Å²) in [5.74, 6) is 0. The first kappa shape index (κ1) is 27.5. The molecule has 0 atom stereocenters. The fourth-order valence-electron chi connectivity index (χ4n) is 3.68. The topological polar surface area (TPSA) is 92.3 Å². The lowest BCUT2D eigenvalue weighted by Crippen LogP contribution is -2.18. The van der Waals surface area contributed by atoms with E-state index in [1.54, 1.807) is 6.07 Å². The molecule has 0 unspecified atom stereocenters. The molecule has 5 rings (SSSR count). The number of sulfonamides is 2. The van der Waals surface area contributed by atoms with Crippen LogP contribution in [0.5, 0.6) is 0 Å². The lowest BCUT2D eigenvalue weighted by molar-refractivity contribution is -0.137. The average Bonchev–Trinajstić information content (AvgIpc) is 3.51. The van der Waals surface area contributed by atoms with Crippen LogP contribution in [-0.2, 0) is 26.2 Å². The monoisotopic (exact) mass is 628 g/mol. The second kappa shape index (κ2) is 10.1. The molecular formula is C25H16ClF3N2O4S4. The lowest BCUT2D eigenvalue weighted by atomic mass is 10.1. The van der Waals surface area contributed by atoms with E-state index in [0.29, 0.717) is 11.6 Å². The Balaban J connectivity index is 1.59. The number of fused-ring (bicyclic) bond motifs is 1. The van der Waals surface area contributed by atoms with Crippen LogP contribution in [0.4, 0.5) is 24.5 Å². The Morgan fingerprint density at radius 2 is 1.46 bits per heavy atom. The second-order valence-electron chi connectivity index (χ2n) is 8.20. The molecule has 0 radical (unpaired) electrons. The lowest BCUT2D eigenvalue weighted by Gasteiger charge is -2.16. The molecule has 0 saturated carbocycles. The molecule has 39 heavy (non-hydrogen) atoms. The van der Waals surface area contributed by atoms with Crippen molar-refractivity contribution in [3.63, 3.8) is 0 Å². The van der Waals surface area contributed by atoms with Gasteiger partial charge >= 0.3 is 6.18 Å². The average molecular weight is 629 g/mol. The molecule has 3 aromatic carbocycles. The van der Waals surface area contributed by atoms with Gasteiger partial charge in [0.15, 0.2) is 0 Å². The van der Waals surface area contributed by atoms with Gasteiger partial charge in [0.25, 0.3) is 20.0 Å². The minimum absolute atomic E-state index is 0.104. The van der Waals surface area contributed by atoms with Crippen LogP contribution in [0.1, 0.15) is 5.56 Å². The van der Waals surface area contributed by atoms with Gasteiger partial charge in [0.2, 0.25) is 0 Å². The smallest absolute Gasteiger partial charge is 0.277 e. The van der Waals surface area contributed by atoms with E-state index in [1.807, 2.05) is 30.3 Å². The Hall–Kier alpha value is -3.10. The van der Waals surface area contributed by atoms with E-state index in [4.69, 9.17) is 11.6 Å². The maximum absolute atomic E-state index is 13.2. The van der Waals surface area contributed by atoms with Crippen molar-refractivity contribution in [1.82, 2.24) is 0 Å². The summed E-state index contributed by atoms with van der Waals surface area (Å²) in [4.78, 5) is 0.138. The van der Waals surface area contributed by atoms with Gasteiger partial charge in [-0.3, -0.25) is 9.44 Å². The highest BCUT2D eigenvalue weighted by Gasteiger charge is 2.32. The van der Waals surface area contributed by atoms with Gasteiger partial charge in [0.05, 0.1) is 26.2 Å². The number of rotatable bonds is 7. The summed E-state index contributed by atoms with van der Waals surface area (Å²) in [5, 5.41) is 0.961. The van der Waals surface area contributed by atoms with E-state index in [-0.39, 0.29) is 19.9 Å². The molecule has 0 aliphatic carbocycles. The molecule has 2 N–H and O–H groups in total. The highest BCUT2D eigenvalue weighted by Crippen LogP contribution is 2.38. The molecule has 14 heteroatoms. The first-order valence-electron chi connectivity index (χ1n) is 10.9. The van der Waals surface area contributed by atoms with E-state index in [1.165, 1.54) is 35.6 Å². The fourth-order valence-corrected chi connectivity index (χ4v) is 8.41. The summed E-state index contributed by atoms with van der Waals surface area (Å²) in [5.41, 5.74) is -0.867. The molecule has 6 nitrogen and oxygen atoms in total. The van der Waals surface area contributed by atoms with Gasteiger partial charge in [0, 0.05) is 9.58 Å². The van der Waals surface area contributed by atoms with E-state index in [9.17, 15) is 30.0 Å². The van der Waals surface area contributed by atoms with Crippen LogP contribution in [0.3, 0.4) is 0 Å². The zero-order chi connectivity index (χ0) is 28.0. The van der Waals surface area contributed by atoms with E-state index in [0.717, 1.165) is 44.5 Å². The molecule has 0 spiro atoms. The predicted molar refractivity (Wildman–Crippen MR) is 150 cm³/mol. The van der Waals surface area contributed by atoms with Gasteiger partial charge in [-0.1, -0.05) is 41.9 Å². The molecule has 0 saturated heterocycles. The maximum atomic E-state index is 13.2. The number of thiophene rings is 2. The van der Waals surface area contributed by atoms with Crippen LogP contribution in [0.25, 0.3) is 20.5 Å². The summed E-state index contributed by atoms with van der Waals surface area (Å²) in [6, 6.07) is 19.9. The number of alkyl halides is 3. The number of nitrogens with one attached hydrogen (secondary N) is 2. The Bertz CT molecular complexity index is 1880. The SMILES string of the molecule is O=S(=O)(Nc1cc(-c2cc3ccccc3s2)ccc1NS(=O)(=O)c1ccc(Cl)s1)c1cccc(C(F)(F)F)c1. The number of hydrogen-bond acceptors (Lipinski definition) is 6. The second-order valence-corrected chi connectivity index (χ2v) is 14.6. The van der Waals surface area contributed by atoms with E-state index >= 15 is 0 Å². The standard InChI is InChI=1S/C25H16ClF3N2O4S4/c26-23-10-11-24(37-23)39(34,35)30-19-9-8-16(22-13-15-4-1-2-7-21(15)36-22)12-20(19)31-38(32,33)18-6-3-5-17(14-18)25(27,28)29/h1-14,30-31H. The Labute approximate surface area is 234 Å². The number of halogens is 4. The van der Waals surface area contributed by atoms with Gasteiger partial charge in [-0.15, -0.1) is 22.7 Å². The maximum Gasteiger partial charge on any atom is 0.416 e. The predicted octanol–water partition coefficient (Wildman–Crippen LogP) is 7.90. The molecule has 0 aliphatic heterocycles. The molecule has 202 valence electrons. The Morgan fingerprint density at radius 3 is 2.15 bits per heavy atom. The van der Waals surface area contributed by atoms with Gasteiger partial charge in [-0.25, -0.2) is 16.8 Å². The molecule has 2 heterocycles. The third-order valence-electron chi connectivity index (χ3n) is 5.50. The van der Waals surface area contributed by atoms with Crippen LogP contribution in [-0.4, -0.2) is 16.8 Å². The summed E-state index contributed by atoms with van der Waals surface area (Å²) in [6.45, 7) is 0. The summed E-state index contributed by atoms with van der Waals surface area (Å²) < 4.78 is 97.7. The first-order chi connectivity index (χ1) is 18.3. The zero-order valence-electron chi connectivity index (χ0n) is 19.4. The molecule has 0 fully saturated rings. The summed E-state index contributed by atoms with van der Waals surface area (Å²) in [6.07, 6.45) is -4.75. The Morgan fingerprint density at radius 1 is 0.718 bits per heavy atom. The van der Waals surface area contributed by atoms with Crippen molar-refractivity contribution in [1.29, 1.82) is 0 Å². The van der Waals surface area contributed by atoms with Gasteiger partial charge in [0.1, 0.15) is 4.21 Å². The minimum atomic E-state index is -4.75. The molecule has 5 aromatic rings. The molecule has 2 aromatic heterocycles. The van der Waals surface area contributed by atoms with Crippen LogP contribution >= 0.6 is 34.3 Å². The van der Waals surface area contributed by atoms with E-state index < -0.39 is 36.7 Å². The third kappa shape index (κ3) is 5.92. The molecule has 0 aliphatic rings. The number of benzene rings is 3. The van der Waals surface area contributed by atoms with Crippen molar-refractivity contribution >= 4 is 75.8 Å². The number of anilines is 2. The minimum Gasteiger partial charge on any atom is -0.277 e. The van der Waals surface area contributed by atoms with Crippen molar-refractivity contribution < 1.29 is 30.0 Å². The largest absolute Gasteiger partial charge is 0.416 e. The third-order valence-corrected chi connectivity index (χ3v) is 11.1. The first-order valence-corrected chi connectivity index (χ1v) is 15.9. The normalized spacial score (nSPS) is 12.5. The van der Waals surface area contributed by atoms with Crippen molar-refractivity contribution in [3.8, 4) is 10.4 Å². The quantitative estimate of drug-likeness (QED) is 0.192. The van der Waals surface area contributed by atoms with Crippen LogP contribution in [0, 0.1) is 0 Å². The van der Waals surface area contributed by atoms with E-state index in [2.05, 4.69) is 9.44 Å². The number of hydrogen-bond donors (Lipinski definition) is 2. The highest BCUT2D eigenvalue weighted by atomic mass is 35.5. The fraction of sp³-hybridized carbons (Fsp3) is 0.0400. The molecule has 0 amide bonds. The molecule has 0 bridgehead atoms. The van der Waals surface area contributed by atoms with Crippen molar-refractivity contribution in [3.05, 3.63) is 94.8 Å². The van der Waals surface area contributed by atoms with Crippen molar-refractivity contribution in [2.45, 2.75) is 15.3 Å². The summed E-state index contributed by atoms with van der Waals surface area (Å²) >= 11 is 8.13. The molecular weight excluding hydrogens is 613 g/mol. The van der Waals surface area contributed by atoms with Crippen LogP contribution < -0.4 is 9.44 Å². The van der Waals surface area contributed by atoms with Gasteiger partial charge in [-0.05, 0) is 65.5 Å². The van der Waals surface area contributed by atoms with Crippen molar-refractivity contribution in [2.24, 2.45) is 0 Å². The highest BCUT2D eigenvalue weighted by molar-refractivity contribution is 7.94. The van der Waals surface area contributed by atoms with Crippen LogP contribution in [0.2, 0.25) is 4.34 Å². The van der Waals surface area contributed by atoms with Crippen LogP contribution in [0.15, 0.2) is 94.0 Å². The van der Waals surface area contributed by atoms with Gasteiger partial charge in [-0.2, -0.15) is 13.2 Å². The van der Waals surface area contributed by atoms with Crippen molar-refractivity contribution in [2.75, 3.05) is 9.44 Å². The van der Waals surface area contributed by atoms with Gasteiger partial charge < -0.3 is 0 Å². The zero-order valence-corrected chi connectivity index (χ0v) is 23.4. The Kier molecular flexibility index (Phi) is 7.14. The summed E-state index contributed by atoms with van der Waals surface area (Å²) in [7, 11) is -8.71.